The molecule has 1 aliphatic carbocycles. The molecule has 1 atom stereocenters. The maximum atomic E-state index is 5.85. The molecule has 0 radical (unpaired) electrons. The Hall–Kier alpha value is 0.270. The Morgan fingerprint density at radius 1 is 1.12 bits per heavy atom. The van der Waals surface area contributed by atoms with Crippen LogP contribution in [0.25, 0.3) is 0 Å². The molecule has 1 aliphatic heterocycles. The number of hydrogen-bond acceptors (Lipinski definition) is 3. The summed E-state index contributed by atoms with van der Waals surface area (Å²) in [6.07, 6.45) is 9.88. The first-order valence-corrected chi connectivity index (χ1v) is 8.03. The van der Waals surface area contributed by atoms with E-state index in [1.807, 2.05) is 0 Å². The molecule has 1 saturated carbocycles. The maximum Gasteiger partial charge on any atom is 0.0575 e. The van der Waals surface area contributed by atoms with Crippen molar-refractivity contribution >= 4 is 11.8 Å². The Morgan fingerprint density at radius 3 is 2.75 bits per heavy atom. The van der Waals surface area contributed by atoms with E-state index in [0.29, 0.717) is 6.10 Å². The molecule has 94 valence electrons. The normalized spacial score (nSPS) is 27.4. The van der Waals surface area contributed by atoms with Crippen molar-refractivity contribution in [2.24, 2.45) is 0 Å². The highest BCUT2D eigenvalue weighted by atomic mass is 32.2. The van der Waals surface area contributed by atoms with E-state index in [9.17, 15) is 0 Å². The summed E-state index contributed by atoms with van der Waals surface area (Å²) in [6.45, 7) is 2.09. The van der Waals surface area contributed by atoms with Crippen LogP contribution in [0.3, 0.4) is 0 Å². The molecule has 3 heteroatoms. The summed E-state index contributed by atoms with van der Waals surface area (Å²) in [6, 6.07) is 0.769. The van der Waals surface area contributed by atoms with Crippen molar-refractivity contribution in [3.8, 4) is 0 Å². The van der Waals surface area contributed by atoms with Crippen molar-refractivity contribution < 1.29 is 4.74 Å². The fourth-order valence-electron chi connectivity index (χ4n) is 2.59. The van der Waals surface area contributed by atoms with Gasteiger partial charge in [0.05, 0.1) is 6.10 Å². The van der Waals surface area contributed by atoms with Gasteiger partial charge in [-0.1, -0.05) is 12.8 Å². The second kappa shape index (κ2) is 7.57. The van der Waals surface area contributed by atoms with Gasteiger partial charge >= 0.3 is 0 Å². The molecule has 16 heavy (non-hydrogen) atoms. The second-order valence-corrected chi connectivity index (χ2v) is 6.15. The van der Waals surface area contributed by atoms with Crippen LogP contribution in [0, 0.1) is 0 Å². The minimum Gasteiger partial charge on any atom is -0.378 e. The van der Waals surface area contributed by atoms with Gasteiger partial charge in [-0.2, -0.15) is 11.8 Å². The number of nitrogens with one attached hydrogen (secondary N) is 1. The number of hydrogen-bond donors (Lipinski definition) is 1. The highest BCUT2D eigenvalue weighted by Gasteiger charge is 2.15. The Morgan fingerprint density at radius 2 is 2.00 bits per heavy atom. The monoisotopic (exact) mass is 243 g/mol. The van der Waals surface area contributed by atoms with Crippen LogP contribution in [0.15, 0.2) is 0 Å². The van der Waals surface area contributed by atoms with E-state index in [1.165, 1.54) is 56.5 Å². The lowest BCUT2D eigenvalue weighted by Gasteiger charge is -2.22. The van der Waals surface area contributed by atoms with Gasteiger partial charge in [0.15, 0.2) is 0 Å². The zero-order valence-electron chi connectivity index (χ0n) is 10.2. The molecule has 1 saturated heterocycles. The lowest BCUT2D eigenvalue weighted by molar-refractivity contribution is 0.0566. The van der Waals surface area contributed by atoms with E-state index in [2.05, 4.69) is 17.1 Å². The smallest absolute Gasteiger partial charge is 0.0575 e. The fourth-order valence-corrected chi connectivity index (χ4v) is 3.69. The van der Waals surface area contributed by atoms with Gasteiger partial charge in [-0.15, -0.1) is 0 Å². The molecule has 0 spiro atoms. The average Bonchev–Trinajstić information content (AvgIpc) is 2.83. The van der Waals surface area contributed by atoms with Gasteiger partial charge in [0.25, 0.3) is 0 Å². The van der Waals surface area contributed by atoms with E-state index in [0.717, 1.165) is 19.2 Å². The standard InChI is InChI=1S/C13H25NOS/c1-2-7-13(6-1)15-9-4-8-14-12-5-3-10-16-11-12/h12-14H,1-11H2. The van der Waals surface area contributed by atoms with Crippen LogP contribution < -0.4 is 5.32 Å². The van der Waals surface area contributed by atoms with E-state index >= 15 is 0 Å². The highest BCUT2D eigenvalue weighted by Crippen LogP contribution is 2.21. The predicted octanol–water partition coefficient (Wildman–Crippen LogP) is 2.82. The van der Waals surface area contributed by atoms with Crippen molar-refractivity contribution in [1.29, 1.82) is 0 Å². The summed E-state index contributed by atoms with van der Waals surface area (Å²) in [4.78, 5) is 0. The van der Waals surface area contributed by atoms with E-state index in [1.54, 1.807) is 0 Å². The summed E-state index contributed by atoms with van der Waals surface area (Å²) in [5.74, 6) is 2.67. The molecule has 2 rings (SSSR count). The SMILES string of the molecule is C(CNC1CCCSC1)COC1CCCC1. The van der Waals surface area contributed by atoms with E-state index in [4.69, 9.17) is 4.74 Å². The first-order chi connectivity index (χ1) is 7.95. The molecular formula is C13H25NOS. The average molecular weight is 243 g/mol. The molecule has 0 bridgehead atoms. The van der Waals surface area contributed by atoms with E-state index < -0.39 is 0 Å². The third-order valence-corrected chi connectivity index (χ3v) is 4.79. The molecule has 0 amide bonds. The Labute approximate surface area is 104 Å². The Balaban J connectivity index is 1.42. The number of ether oxygens (including phenoxy) is 1. The zero-order valence-corrected chi connectivity index (χ0v) is 11.1. The van der Waals surface area contributed by atoms with Crippen LogP contribution >= 0.6 is 11.8 Å². The molecular weight excluding hydrogens is 218 g/mol. The van der Waals surface area contributed by atoms with Crippen LogP contribution in [0.4, 0.5) is 0 Å². The Bertz CT molecular complexity index is 177. The quantitative estimate of drug-likeness (QED) is 0.725. The lowest BCUT2D eigenvalue weighted by Crippen LogP contribution is -2.34. The van der Waals surface area contributed by atoms with Crippen LogP contribution in [-0.4, -0.2) is 36.8 Å². The third kappa shape index (κ3) is 4.64. The summed E-state index contributed by atoms with van der Waals surface area (Å²) in [5.41, 5.74) is 0. The topological polar surface area (TPSA) is 21.3 Å². The van der Waals surface area contributed by atoms with Crippen molar-refractivity contribution in [2.45, 2.75) is 57.1 Å². The second-order valence-electron chi connectivity index (χ2n) is 5.00. The zero-order chi connectivity index (χ0) is 11.1. The summed E-state index contributed by atoms with van der Waals surface area (Å²) >= 11 is 2.09. The van der Waals surface area contributed by atoms with Gasteiger partial charge in [0, 0.05) is 18.4 Å². The minimum atomic E-state index is 0.588. The molecule has 1 heterocycles. The van der Waals surface area contributed by atoms with Crippen LogP contribution in [0.5, 0.6) is 0 Å². The molecule has 2 fully saturated rings. The maximum absolute atomic E-state index is 5.85. The van der Waals surface area contributed by atoms with Crippen molar-refractivity contribution in [1.82, 2.24) is 5.32 Å². The molecule has 0 aromatic carbocycles. The van der Waals surface area contributed by atoms with Gasteiger partial charge in [-0.05, 0) is 44.4 Å². The molecule has 0 aromatic rings. The molecule has 2 aliphatic rings. The summed E-state index contributed by atoms with van der Waals surface area (Å²) in [7, 11) is 0. The largest absolute Gasteiger partial charge is 0.378 e. The van der Waals surface area contributed by atoms with Crippen LogP contribution in [-0.2, 0) is 4.74 Å². The van der Waals surface area contributed by atoms with Crippen LogP contribution in [0.2, 0.25) is 0 Å². The van der Waals surface area contributed by atoms with Crippen molar-refractivity contribution in [3.63, 3.8) is 0 Å². The van der Waals surface area contributed by atoms with Crippen LogP contribution in [0.1, 0.15) is 44.9 Å². The molecule has 2 nitrogen and oxygen atoms in total. The predicted molar refractivity (Wildman–Crippen MR) is 71.2 cm³/mol. The van der Waals surface area contributed by atoms with E-state index in [-0.39, 0.29) is 0 Å². The first kappa shape index (κ1) is 12.7. The third-order valence-electron chi connectivity index (χ3n) is 3.57. The van der Waals surface area contributed by atoms with Gasteiger partial charge in [-0.3, -0.25) is 0 Å². The minimum absolute atomic E-state index is 0.588. The van der Waals surface area contributed by atoms with Gasteiger partial charge < -0.3 is 10.1 Å². The molecule has 1 N–H and O–H groups in total. The highest BCUT2D eigenvalue weighted by molar-refractivity contribution is 7.99. The Kier molecular flexibility index (Phi) is 6.02. The number of thioether (sulfide) groups is 1. The van der Waals surface area contributed by atoms with Crippen molar-refractivity contribution in [2.75, 3.05) is 24.7 Å². The van der Waals surface area contributed by atoms with Gasteiger partial charge in [0.2, 0.25) is 0 Å². The summed E-state index contributed by atoms with van der Waals surface area (Å²) < 4.78 is 5.85. The molecule has 0 aromatic heterocycles. The number of rotatable bonds is 6. The summed E-state index contributed by atoms with van der Waals surface area (Å²) in [5, 5.41) is 3.65. The fraction of sp³-hybridized carbons (Fsp3) is 1.00. The van der Waals surface area contributed by atoms with Gasteiger partial charge in [0.1, 0.15) is 0 Å². The lowest BCUT2D eigenvalue weighted by atomic mass is 10.2. The first-order valence-electron chi connectivity index (χ1n) is 6.88. The van der Waals surface area contributed by atoms with Crippen molar-refractivity contribution in [3.05, 3.63) is 0 Å². The van der Waals surface area contributed by atoms with Gasteiger partial charge in [-0.25, -0.2) is 0 Å². The molecule has 1 unspecified atom stereocenters.